The van der Waals surface area contributed by atoms with Crippen molar-refractivity contribution in [3.8, 4) is 11.5 Å². The van der Waals surface area contributed by atoms with Crippen molar-refractivity contribution < 1.29 is 14.3 Å². The SMILES string of the molecule is C[C@@H](NC[C@H](c1cccs1)c1c[nH]c2ccccc12)C(=O)Nc1ccc2c(c1)OCO2. The number of aromatic nitrogens is 1. The third kappa shape index (κ3) is 4.02. The maximum absolute atomic E-state index is 12.8. The quantitative estimate of drug-likeness (QED) is 0.395. The van der Waals surface area contributed by atoms with Crippen LogP contribution in [0.15, 0.2) is 66.2 Å². The van der Waals surface area contributed by atoms with Gasteiger partial charge in [0.15, 0.2) is 11.5 Å². The number of hydrogen-bond donors (Lipinski definition) is 3. The Hall–Kier alpha value is -3.29. The number of nitrogens with one attached hydrogen (secondary N) is 3. The number of hydrogen-bond acceptors (Lipinski definition) is 5. The molecule has 1 aliphatic heterocycles. The summed E-state index contributed by atoms with van der Waals surface area (Å²) < 4.78 is 10.7. The van der Waals surface area contributed by atoms with Crippen LogP contribution in [0.3, 0.4) is 0 Å². The van der Waals surface area contributed by atoms with Crippen molar-refractivity contribution in [2.45, 2.75) is 18.9 Å². The van der Waals surface area contributed by atoms with Crippen LogP contribution in [-0.4, -0.2) is 30.3 Å². The lowest BCUT2D eigenvalue weighted by Crippen LogP contribution is -2.40. The molecule has 2 aromatic heterocycles. The molecule has 3 N–H and O–H groups in total. The first-order valence-corrected chi connectivity index (χ1v) is 11.1. The van der Waals surface area contributed by atoms with Crippen LogP contribution in [0.25, 0.3) is 10.9 Å². The number of amides is 1. The van der Waals surface area contributed by atoms with Crippen molar-refractivity contribution >= 4 is 33.8 Å². The van der Waals surface area contributed by atoms with Crippen LogP contribution in [0.4, 0.5) is 5.69 Å². The zero-order valence-electron chi connectivity index (χ0n) is 17.1. The maximum Gasteiger partial charge on any atom is 0.241 e. The molecule has 0 unspecified atom stereocenters. The van der Waals surface area contributed by atoms with Gasteiger partial charge >= 0.3 is 0 Å². The topological polar surface area (TPSA) is 75.4 Å². The molecule has 6 nitrogen and oxygen atoms in total. The lowest BCUT2D eigenvalue weighted by Gasteiger charge is -2.20. The predicted molar refractivity (Wildman–Crippen MR) is 123 cm³/mol. The van der Waals surface area contributed by atoms with Crippen LogP contribution in [0.5, 0.6) is 11.5 Å². The molecule has 3 heterocycles. The van der Waals surface area contributed by atoms with E-state index in [2.05, 4.69) is 57.5 Å². The smallest absolute Gasteiger partial charge is 0.241 e. The van der Waals surface area contributed by atoms with E-state index in [1.807, 2.05) is 19.1 Å². The molecule has 158 valence electrons. The molecular formula is C24H23N3O3S. The van der Waals surface area contributed by atoms with Crippen LogP contribution < -0.4 is 20.1 Å². The minimum Gasteiger partial charge on any atom is -0.454 e. The second-order valence-electron chi connectivity index (χ2n) is 7.54. The predicted octanol–water partition coefficient (Wildman–Crippen LogP) is 4.71. The van der Waals surface area contributed by atoms with Gasteiger partial charge in [0.25, 0.3) is 0 Å². The highest BCUT2D eigenvalue weighted by Gasteiger charge is 2.22. The highest BCUT2D eigenvalue weighted by Crippen LogP contribution is 2.35. The molecule has 7 heteroatoms. The van der Waals surface area contributed by atoms with Gasteiger partial charge in [-0.15, -0.1) is 11.3 Å². The van der Waals surface area contributed by atoms with E-state index in [0.29, 0.717) is 23.7 Å². The van der Waals surface area contributed by atoms with E-state index in [-0.39, 0.29) is 24.7 Å². The summed E-state index contributed by atoms with van der Waals surface area (Å²) in [4.78, 5) is 17.4. The van der Waals surface area contributed by atoms with E-state index in [4.69, 9.17) is 9.47 Å². The summed E-state index contributed by atoms with van der Waals surface area (Å²) in [6, 6.07) is 17.6. The summed E-state index contributed by atoms with van der Waals surface area (Å²) in [5.41, 5.74) is 3.04. The summed E-state index contributed by atoms with van der Waals surface area (Å²) in [7, 11) is 0. The normalized spacial score (nSPS) is 14.5. The lowest BCUT2D eigenvalue weighted by atomic mass is 9.96. The maximum atomic E-state index is 12.8. The van der Waals surface area contributed by atoms with Gasteiger partial charge in [0.05, 0.1) is 6.04 Å². The average molecular weight is 434 g/mol. The molecule has 0 fully saturated rings. The number of H-pyrrole nitrogens is 1. The fourth-order valence-corrected chi connectivity index (χ4v) is 4.69. The van der Waals surface area contributed by atoms with Gasteiger partial charge in [0, 0.05) is 46.2 Å². The number of ether oxygens (including phenoxy) is 2. The van der Waals surface area contributed by atoms with E-state index in [9.17, 15) is 4.79 Å². The van der Waals surface area contributed by atoms with Crippen molar-refractivity contribution in [1.29, 1.82) is 0 Å². The van der Waals surface area contributed by atoms with Crippen molar-refractivity contribution in [1.82, 2.24) is 10.3 Å². The Kier molecular flexibility index (Phi) is 5.36. The second kappa shape index (κ2) is 8.45. The molecule has 31 heavy (non-hydrogen) atoms. The Bertz CT molecular complexity index is 1200. The van der Waals surface area contributed by atoms with Gasteiger partial charge in [-0.2, -0.15) is 0 Å². The molecule has 0 bridgehead atoms. The number of carbonyl (C=O) groups is 1. The van der Waals surface area contributed by atoms with E-state index < -0.39 is 0 Å². The number of carbonyl (C=O) groups excluding carboxylic acids is 1. The minimum atomic E-state index is -0.363. The van der Waals surface area contributed by atoms with Crippen molar-refractivity contribution in [2.24, 2.45) is 0 Å². The first kappa shape index (κ1) is 19.7. The van der Waals surface area contributed by atoms with E-state index >= 15 is 0 Å². The van der Waals surface area contributed by atoms with Gasteiger partial charge in [-0.05, 0) is 42.1 Å². The number of benzene rings is 2. The fraction of sp³-hybridized carbons (Fsp3) is 0.208. The Morgan fingerprint density at radius 2 is 2.00 bits per heavy atom. The van der Waals surface area contributed by atoms with Gasteiger partial charge in [0.1, 0.15) is 0 Å². The molecule has 0 saturated heterocycles. The van der Waals surface area contributed by atoms with Crippen LogP contribution in [-0.2, 0) is 4.79 Å². The highest BCUT2D eigenvalue weighted by atomic mass is 32.1. The Labute approximate surface area is 184 Å². The Morgan fingerprint density at radius 1 is 1.13 bits per heavy atom. The number of anilines is 1. The van der Waals surface area contributed by atoms with E-state index in [0.717, 1.165) is 5.52 Å². The zero-order chi connectivity index (χ0) is 21.2. The Morgan fingerprint density at radius 3 is 2.87 bits per heavy atom. The van der Waals surface area contributed by atoms with Crippen molar-refractivity contribution in [2.75, 3.05) is 18.7 Å². The van der Waals surface area contributed by atoms with Crippen LogP contribution in [0, 0.1) is 0 Å². The molecule has 2 atom stereocenters. The minimum absolute atomic E-state index is 0.0947. The summed E-state index contributed by atoms with van der Waals surface area (Å²) >= 11 is 1.73. The lowest BCUT2D eigenvalue weighted by molar-refractivity contribution is -0.117. The first-order valence-electron chi connectivity index (χ1n) is 10.2. The molecule has 1 amide bonds. The van der Waals surface area contributed by atoms with E-state index in [1.54, 1.807) is 23.5 Å². The van der Waals surface area contributed by atoms with E-state index in [1.165, 1.54) is 15.8 Å². The standard InChI is InChI=1S/C24H23N3O3S/c1-15(24(28)27-16-8-9-21-22(11-16)30-14-29-21)25-13-19(23-7-4-10-31-23)18-12-26-20-6-3-2-5-17(18)20/h2-12,15,19,25-26H,13-14H2,1H3,(H,27,28)/t15-,19+/m1/s1. The fourth-order valence-electron chi connectivity index (χ4n) is 3.85. The van der Waals surface area contributed by atoms with Gasteiger partial charge in [-0.3, -0.25) is 4.79 Å². The summed E-state index contributed by atoms with van der Waals surface area (Å²) in [5.74, 6) is 1.40. The molecule has 0 aliphatic carbocycles. The van der Waals surface area contributed by atoms with Gasteiger partial charge in [0.2, 0.25) is 12.7 Å². The Balaban J connectivity index is 1.29. The molecule has 1 aliphatic rings. The molecular weight excluding hydrogens is 410 g/mol. The third-order valence-corrected chi connectivity index (χ3v) is 6.53. The monoisotopic (exact) mass is 433 g/mol. The number of aromatic amines is 1. The number of fused-ring (bicyclic) bond motifs is 2. The third-order valence-electron chi connectivity index (χ3n) is 5.54. The van der Waals surface area contributed by atoms with Crippen LogP contribution in [0.1, 0.15) is 23.3 Å². The zero-order valence-corrected chi connectivity index (χ0v) is 17.9. The summed E-state index contributed by atoms with van der Waals surface area (Å²) in [6.07, 6.45) is 2.08. The molecule has 2 aromatic carbocycles. The van der Waals surface area contributed by atoms with Gasteiger partial charge in [-0.1, -0.05) is 24.3 Å². The molecule has 4 aromatic rings. The van der Waals surface area contributed by atoms with Crippen molar-refractivity contribution in [3.63, 3.8) is 0 Å². The van der Waals surface area contributed by atoms with Gasteiger partial charge < -0.3 is 25.1 Å². The summed E-state index contributed by atoms with van der Waals surface area (Å²) in [6.45, 7) is 2.74. The largest absolute Gasteiger partial charge is 0.454 e. The number of rotatable bonds is 7. The molecule has 0 radical (unpaired) electrons. The second-order valence-corrected chi connectivity index (χ2v) is 8.52. The highest BCUT2D eigenvalue weighted by molar-refractivity contribution is 7.10. The number of para-hydroxylation sites is 1. The molecule has 0 spiro atoms. The van der Waals surface area contributed by atoms with Gasteiger partial charge in [-0.25, -0.2) is 0 Å². The van der Waals surface area contributed by atoms with Crippen molar-refractivity contribution in [3.05, 3.63) is 76.6 Å². The van der Waals surface area contributed by atoms with Crippen LogP contribution in [0.2, 0.25) is 0 Å². The first-order chi connectivity index (χ1) is 15.2. The summed E-state index contributed by atoms with van der Waals surface area (Å²) in [5, 5.41) is 9.67. The number of thiophene rings is 1. The molecule has 5 rings (SSSR count). The molecule has 0 saturated carbocycles. The average Bonchev–Trinajstić information content (AvgIpc) is 3.55. The van der Waals surface area contributed by atoms with Crippen LogP contribution >= 0.6 is 11.3 Å².